The summed E-state index contributed by atoms with van der Waals surface area (Å²) in [6.07, 6.45) is 2.03. The predicted octanol–water partition coefficient (Wildman–Crippen LogP) is 3.12. The molecule has 2 atom stereocenters. The Bertz CT molecular complexity index is 935. The van der Waals surface area contributed by atoms with Crippen molar-refractivity contribution in [1.29, 1.82) is 0 Å². The zero-order valence-corrected chi connectivity index (χ0v) is 16.8. The van der Waals surface area contributed by atoms with Gasteiger partial charge >= 0.3 is 0 Å². The minimum absolute atomic E-state index is 0.00380. The van der Waals surface area contributed by atoms with Gasteiger partial charge in [-0.05, 0) is 61.5 Å². The Morgan fingerprint density at radius 3 is 2.54 bits per heavy atom. The van der Waals surface area contributed by atoms with Crippen LogP contribution in [0.15, 0.2) is 24.4 Å². The highest BCUT2D eigenvalue weighted by molar-refractivity contribution is 6.28. The molecule has 2 aromatic rings. The van der Waals surface area contributed by atoms with E-state index in [2.05, 4.69) is 15.3 Å². The molecule has 1 aliphatic carbocycles. The second kappa shape index (κ2) is 8.19. The Kier molecular flexibility index (Phi) is 5.89. The van der Waals surface area contributed by atoms with E-state index >= 15 is 0 Å². The van der Waals surface area contributed by atoms with Crippen LogP contribution in [-0.4, -0.2) is 34.0 Å². The number of halogens is 1. The van der Waals surface area contributed by atoms with E-state index in [4.69, 9.17) is 11.6 Å². The molecule has 6 nitrogen and oxygen atoms in total. The molecule has 1 N–H and O–H groups in total. The van der Waals surface area contributed by atoms with Crippen LogP contribution in [0, 0.1) is 26.7 Å². The molecule has 1 aliphatic rings. The molecule has 1 saturated carbocycles. The number of hydrogen-bond acceptors (Lipinski definition) is 5. The fourth-order valence-electron chi connectivity index (χ4n) is 3.96. The molecule has 1 aromatic heterocycles. The lowest BCUT2D eigenvalue weighted by Crippen LogP contribution is -2.28. The van der Waals surface area contributed by atoms with Crippen molar-refractivity contribution in [2.24, 2.45) is 5.92 Å². The zero-order valence-electron chi connectivity index (χ0n) is 16.1. The predicted molar refractivity (Wildman–Crippen MR) is 106 cm³/mol. The monoisotopic (exact) mass is 399 g/mol. The lowest BCUT2D eigenvalue weighted by atomic mass is 9.86. The summed E-state index contributed by atoms with van der Waals surface area (Å²) in [5.74, 6) is -1.56. The Hall–Kier alpha value is -2.60. The SMILES string of the molecule is Cc1cc(C)c(C2C(=O)CC(CCNC(=O)c3ccnc(Cl)n3)C2=O)c(C)c1. The van der Waals surface area contributed by atoms with Gasteiger partial charge in [-0.15, -0.1) is 0 Å². The average Bonchev–Trinajstić information content (AvgIpc) is 2.89. The molecular weight excluding hydrogens is 378 g/mol. The molecule has 28 heavy (non-hydrogen) atoms. The normalized spacial score (nSPS) is 19.1. The Morgan fingerprint density at radius 1 is 1.21 bits per heavy atom. The maximum Gasteiger partial charge on any atom is 0.270 e. The Labute approximate surface area is 168 Å². The van der Waals surface area contributed by atoms with E-state index in [9.17, 15) is 14.4 Å². The first-order valence-corrected chi connectivity index (χ1v) is 9.56. The number of aromatic nitrogens is 2. The quantitative estimate of drug-likeness (QED) is 0.616. The topological polar surface area (TPSA) is 89.0 Å². The van der Waals surface area contributed by atoms with E-state index in [1.54, 1.807) is 0 Å². The Balaban J connectivity index is 1.65. The number of hydrogen-bond donors (Lipinski definition) is 1. The number of ketones is 2. The van der Waals surface area contributed by atoms with Crippen LogP contribution in [0.4, 0.5) is 0 Å². The summed E-state index contributed by atoms with van der Waals surface area (Å²) in [4.78, 5) is 45.2. The lowest BCUT2D eigenvalue weighted by Gasteiger charge is -2.16. The second-order valence-electron chi connectivity index (χ2n) is 7.27. The number of Topliss-reactive ketones (excluding diaryl/α,β-unsaturated/α-hetero) is 2. The van der Waals surface area contributed by atoms with Crippen molar-refractivity contribution in [2.75, 3.05) is 6.54 Å². The van der Waals surface area contributed by atoms with Gasteiger partial charge in [0.25, 0.3) is 5.91 Å². The summed E-state index contributed by atoms with van der Waals surface area (Å²) < 4.78 is 0. The minimum Gasteiger partial charge on any atom is -0.351 e. The highest BCUT2D eigenvalue weighted by atomic mass is 35.5. The molecule has 0 aliphatic heterocycles. The van der Waals surface area contributed by atoms with Gasteiger partial charge in [-0.3, -0.25) is 14.4 Å². The molecule has 3 rings (SSSR count). The third-order valence-electron chi connectivity index (χ3n) is 5.12. The van der Waals surface area contributed by atoms with Crippen LogP contribution in [0.1, 0.15) is 51.5 Å². The molecule has 7 heteroatoms. The number of nitrogens with zero attached hydrogens (tertiary/aromatic N) is 2. The Morgan fingerprint density at radius 2 is 1.89 bits per heavy atom. The van der Waals surface area contributed by atoms with Crippen LogP contribution in [0.5, 0.6) is 0 Å². The van der Waals surface area contributed by atoms with E-state index in [-0.39, 0.29) is 47.3 Å². The van der Waals surface area contributed by atoms with E-state index < -0.39 is 5.92 Å². The standard InChI is InChI=1S/C21H22ClN3O3/c1-11-8-12(2)17(13(3)9-11)18-16(26)10-14(19(18)27)4-6-23-20(28)15-5-7-24-21(22)25-15/h5,7-9,14,18H,4,6,10H2,1-3H3,(H,23,28). The smallest absolute Gasteiger partial charge is 0.270 e. The summed E-state index contributed by atoms with van der Waals surface area (Å²) in [6.45, 7) is 6.16. The molecular formula is C21H22ClN3O3. The lowest BCUT2D eigenvalue weighted by molar-refractivity contribution is -0.124. The number of aryl methyl sites for hydroxylation is 3. The van der Waals surface area contributed by atoms with Gasteiger partial charge < -0.3 is 5.32 Å². The number of amides is 1. The minimum atomic E-state index is -0.693. The van der Waals surface area contributed by atoms with E-state index in [1.807, 2.05) is 32.9 Å². The molecule has 1 heterocycles. The average molecular weight is 400 g/mol. The van der Waals surface area contributed by atoms with Crippen molar-refractivity contribution in [3.8, 4) is 0 Å². The van der Waals surface area contributed by atoms with Crippen molar-refractivity contribution in [1.82, 2.24) is 15.3 Å². The first-order valence-electron chi connectivity index (χ1n) is 9.19. The van der Waals surface area contributed by atoms with E-state index in [0.29, 0.717) is 6.42 Å². The molecule has 1 aromatic carbocycles. The molecule has 0 spiro atoms. The number of rotatable bonds is 5. The highest BCUT2D eigenvalue weighted by Gasteiger charge is 2.42. The number of benzene rings is 1. The molecule has 1 fully saturated rings. The molecule has 2 unspecified atom stereocenters. The summed E-state index contributed by atoms with van der Waals surface area (Å²) in [6, 6.07) is 5.47. The van der Waals surface area contributed by atoms with Crippen molar-refractivity contribution in [2.45, 2.75) is 39.5 Å². The third-order valence-corrected chi connectivity index (χ3v) is 5.30. The molecule has 0 radical (unpaired) electrons. The van der Waals surface area contributed by atoms with Crippen molar-refractivity contribution in [3.63, 3.8) is 0 Å². The maximum absolute atomic E-state index is 12.9. The van der Waals surface area contributed by atoms with Gasteiger partial charge in [0.15, 0.2) is 5.78 Å². The van der Waals surface area contributed by atoms with E-state index in [0.717, 1.165) is 22.3 Å². The van der Waals surface area contributed by atoms with Crippen LogP contribution in [0.2, 0.25) is 5.28 Å². The van der Waals surface area contributed by atoms with Crippen molar-refractivity contribution in [3.05, 3.63) is 57.6 Å². The molecule has 0 bridgehead atoms. The van der Waals surface area contributed by atoms with Crippen LogP contribution in [-0.2, 0) is 9.59 Å². The summed E-state index contributed by atoms with van der Waals surface area (Å²) in [5.41, 5.74) is 4.05. The van der Waals surface area contributed by atoms with Gasteiger partial charge in [-0.25, -0.2) is 9.97 Å². The van der Waals surface area contributed by atoms with Crippen LogP contribution < -0.4 is 5.32 Å². The molecule has 0 saturated heterocycles. The second-order valence-corrected chi connectivity index (χ2v) is 7.61. The fraction of sp³-hybridized carbons (Fsp3) is 0.381. The van der Waals surface area contributed by atoms with E-state index in [1.165, 1.54) is 12.3 Å². The number of carbonyl (C=O) groups is 3. The maximum atomic E-state index is 12.9. The highest BCUT2D eigenvalue weighted by Crippen LogP contribution is 2.37. The fourth-order valence-corrected chi connectivity index (χ4v) is 4.11. The summed E-state index contributed by atoms with van der Waals surface area (Å²) in [7, 11) is 0. The number of nitrogens with one attached hydrogen (secondary N) is 1. The van der Waals surface area contributed by atoms with Crippen LogP contribution in [0.3, 0.4) is 0 Å². The van der Waals surface area contributed by atoms with Gasteiger partial charge in [0.2, 0.25) is 5.28 Å². The van der Waals surface area contributed by atoms with Crippen molar-refractivity contribution < 1.29 is 14.4 Å². The largest absolute Gasteiger partial charge is 0.351 e. The first-order chi connectivity index (χ1) is 13.3. The zero-order chi connectivity index (χ0) is 20.4. The van der Waals surface area contributed by atoms with Gasteiger partial charge in [0.1, 0.15) is 17.4 Å². The first kappa shape index (κ1) is 20.1. The van der Waals surface area contributed by atoms with Crippen LogP contribution >= 0.6 is 11.6 Å². The third kappa shape index (κ3) is 4.12. The van der Waals surface area contributed by atoms with Gasteiger partial charge in [-0.1, -0.05) is 17.7 Å². The molecule has 1 amide bonds. The van der Waals surface area contributed by atoms with Crippen molar-refractivity contribution >= 4 is 29.1 Å². The summed E-state index contributed by atoms with van der Waals surface area (Å²) >= 11 is 5.69. The molecule has 146 valence electrons. The number of carbonyl (C=O) groups excluding carboxylic acids is 3. The van der Waals surface area contributed by atoms with Gasteiger partial charge in [0.05, 0.1) is 0 Å². The van der Waals surface area contributed by atoms with Gasteiger partial charge in [-0.2, -0.15) is 0 Å². The van der Waals surface area contributed by atoms with Crippen LogP contribution in [0.25, 0.3) is 0 Å². The van der Waals surface area contributed by atoms with Gasteiger partial charge in [0, 0.05) is 25.1 Å². The summed E-state index contributed by atoms with van der Waals surface area (Å²) in [5, 5.41) is 2.72.